The van der Waals surface area contributed by atoms with E-state index >= 15 is 0 Å². The molecule has 1 aromatic carbocycles. The third-order valence-electron chi connectivity index (χ3n) is 1.74. The molecule has 0 aliphatic heterocycles. The highest BCUT2D eigenvalue weighted by atomic mass is 127. The Hall–Kier alpha value is -0.650. The van der Waals surface area contributed by atoms with Crippen LogP contribution < -0.4 is 5.01 Å². The smallest absolute Gasteiger partial charge is 0.0744 e. The molecule has 0 aromatic heterocycles. The van der Waals surface area contributed by atoms with E-state index in [0.29, 0.717) is 0 Å². The van der Waals surface area contributed by atoms with Crippen molar-refractivity contribution in [2.24, 2.45) is 10.3 Å². The van der Waals surface area contributed by atoms with Crippen molar-refractivity contribution in [3.8, 4) is 0 Å². The Labute approximate surface area is 98.3 Å². The number of anilines is 1. The maximum absolute atomic E-state index is 4.15. The maximum Gasteiger partial charge on any atom is 0.0744 e. The minimum absolute atomic E-state index is 0.722. The van der Waals surface area contributed by atoms with E-state index in [1.165, 1.54) is 3.57 Å². The molecule has 0 saturated carbocycles. The molecule has 0 bridgehead atoms. The van der Waals surface area contributed by atoms with Gasteiger partial charge in [0.15, 0.2) is 0 Å². The lowest BCUT2D eigenvalue weighted by Crippen LogP contribution is -2.15. The molecular weight excluding hydrogens is 289 g/mol. The first-order chi connectivity index (χ1) is 6.79. The average Bonchev–Trinajstić information content (AvgIpc) is 2.21. The van der Waals surface area contributed by atoms with E-state index in [1.807, 2.05) is 24.1 Å². The summed E-state index contributed by atoms with van der Waals surface area (Å²) in [7, 11) is 0. The lowest BCUT2D eigenvalue weighted by atomic mass is 10.3. The van der Waals surface area contributed by atoms with E-state index in [-0.39, 0.29) is 0 Å². The van der Waals surface area contributed by atoms with Crippen LogP contribution in [0.5, 0.6) is 0 Å². The lowest BCUT2D eigenvalue weighted by molar-refractivity contribution is 0.793. The molecule has 0 spiro atoms. The van der Waals surface area contributed by atoms with Crippen LogP contribution in [0.15, 0.2) is 34.6 Å². The van der Waals surface area contributed by atoms with Gasteiger partial charge >= 0.3 is 0 Å². The highest BCUT2D eigenvalue weighted by Gasteiger charge is 2.05. The fourth-order valence-corrected chi connectivity index (χ4v) is 1.75. The molecule has 76 valence electrons. The summed E-state index contributed by atoms with van der Waals surface area (Å²) < 4.78 is 1.20. The molecule has 1 aromatic rings. The van der Waals surface area contributed by atoms with Gasteiger partial charge in [-0.05, 0) is 48.6 Å². The molecular formula is C10H14IN3. The Balaban J connectivity index is 2.89. The van der Waals surface area contributed by atoms with E-state index in [1.54, 1.807) is 0 Å². The van der Waals surface area contributed by atoms with E-state index in [9.17, 15) is 0 Å². The molecule has 0 aliphatic carbocycles. The highest BCUT2D eigenvalue weighted by Crippen LogP contribution is 2.22. The van der Waals surface area contributed by atoms with Crippen LogP contribution in [0.25, 0.3) is 0 Å². The summed E-state index contributed by atoms with van der Waals surface area (Å²) in [5.41, 5.74) is 1.12. The van der Waals surface area contributed by atoms with Gasteiger partial charge in [0, 0.05) is 10.1 Å². The van der Waals surface area contributed by atoms with E-state index in [4.69, 9.17) is 0 Å². The zero-order valence-electron chi connectivity index (χ0n) is 8.44. The van der Waals surface area contributed by atoms with Crippen LogP contribution in [0.3, 0.4) is 0 Å². The average molecular weight is 303 g/mol. The Kier molecular flexibility index (Phi) is 4.86. The van der Waals surface area contributed by atoms with E-state index < -0.39 is 0 Å². The molecule has 14 heavy (non-hydrogen) atoms. The summed E-state index contributed by atoms with van der Waals surface area (Å²) in [6.07, 6.45) is 0. The summed E-state index contributed by atoms with van der Waals surface area (Å²) in [6, 6.07) is 8.16. The second kappa shape index (κ2) is 5.95. The maximum atomic E-state index is 4.15. The van der Waals surface area contributed by atoms with Crippen molar-refractivity contribution in [2.45, 2.75) is 13.8 Å². The van der Waals surface area contributed by atoms with Crippen molar-refractivity contribution in [1.29, 1.82) is 0 Å². The largest absolute Gasteiger partial charge is 0.246 e. The topological polar surface area (TPSA) is 28.0 Å². The van der Waals surface area contributed by atoms with Gasteiger partial charge < -0.3 is 0 Å². The predicted octanol–water partition coefficient (Wildman–Crippen LogP) is 3.50. The van der Waals surface area contributed by atoms with E-state index in [2.05, 4.69) is 52.0 Å². The molecule has 0 amide bonds. The first-order valence-corrected chi connectivity index (χ1v) is 5.77. The molecule has 1 rings (SSSR count). The number of nitrogens with zero attached hydrogens (tertiary/aromatic N) is 3. The van der Waals surface area contributed by atoms with Crippen molar-refractivity contribution >= 4 is 28.3 Å². The molecule has 3 nitrogen and oxygen atoms in total. The van der Waals surface area contributed by atoms with Crippen molar-refractivity contribution in [3.05, 3.63) is 27.8 Å². The van der Waals surface area contributed by atoms with Gasteiger partial charge in [-0.3, -0.25) is 0 Å². The zero-order chi connectivity index (χ0) is 10.4. The lowest BCUT2D eigenvalue weighted by Gasteiger charge is -2.16. The molecule has 0 saturated heterocycles. The van der Waals surface area contributed by atoms with Crippen LogP contribution in [-0.2, 0) is 0 Å². The van der Waals surface area contributed by atoms with Gasteiger partial charge in [-0.2, -0.15) is 5.11 Å². The summed E-state index contributed by atoms with van der Waals surface area (Å²) in [5, 5.41) is 10.1. The normalized spacial score (nSPS) is 10.8. The van der Waals surface area contributed by atoms with Gasteiger partial charge in [-0.25, -0.2) is 5.01 Å². The summed E-state index contributed by atoms with van der Waals surface area (Å²) in [4.78, 5) is 0. The first-order valence-electron chi connectivity index (χ1n) is 4.69. The van der Waals surface area contributed by atoms with Gasteiger partial charge in [-0.15, -0.1) is 0 Å². The third kappa shape index (κ3) is 2.94. The molecule has 0 fully saturated rings. The van der Waals surface area contributed by atoms with Gasteiger partial charge in [0.2, 0.25) is 0 Å². The van der Waals surface area contributed by atoms with E-state index in [0.717, 1.165) is 18.8 Å². The summed E-state index contributed by atoms with van der Waals surface area (Å²) in [5.74, 6) is 0. The number of para-hydroxylation sites is 1. The number of halogens is 1. The quantitative estimate of drug-likeness (QED) is 0.475. The molecule has 4 heteroatoms. The summed E-state index contributed by atoms with van der Waals surface area (Å²) in [6.45, 7) is 5.61. The van der Waals surface area contributed by atoms with Crippen molar-refractivity contribution in [2.75, 3.05) is 18.1 Å². The molecule has 0 radical (unpaired) electrons. The van der Waals surface area contributed by atoms with Crippen molar-refractivity contribution < 1.29 is 0 Å². The van der Waals surface area contributed by atoms with Crippen molar-refractivity contribution in [3.63, 3.8) is 0 Å². The van der Waals surface area contributed by atoms with Gasteiger partial charge in [-0.1, -0.05) is 17.4 Å². The van der Waals surface area contributed by atoms with Gasteiger partial charge in [0.1, 0.15) is 0 Å². The SMILES string of the molecule is CCN=NN(CC)c1ccccc1I. The van der Waals surface area contributed by atoms with Crippen LogP contribution in [0.1, 0.15) is 13.8 Å². The van der Waals surface area contributed by atoms with Crippen LogP contribution in [0, 0.1) is 3.57 Å². The minimum Gasteiger partial charge on any atom is -0.246 e. The van der Waals surface area contributed by atoms with Gasteiger partial charge in [0.05, 0.1) is 12.2 Å². The Bertz CT molecular complexity index is 312. The molecule has 0 heterocycles. The second-order valence-electron chi connectivity index (χ2n) is 2.71. The fraction of sp³-hybridized carbons (Fsp3) is 0.400. The van der Waals surface area contributed by atoms with Gasteiger partial charge in [0.25, 0.3) is 0 Å². The fourth-order valence-electron chi connectivity index (χ4n) is 1.08. The van der Waals surface area contributed by atoms with Crippen LogP contribution >= 0.6 is 22.6 Å². The second-order valence-corrected chi connectivity index (χ2v) is 3.88. The Morgan fingerprint density at radius 2 is 2.00 bits per heavy atom. The monoisotopic (exact) mass is 303 g/mol. The van der Waals surface area contributed by atoms with Crippen LogP contribution in [-0.4, -0.2) is 13.1 Å². The Morgan fingerprint density at radius 3 is 2.57 bits per heavy atom. The molecule has 0 N–H and O–H groups in total. The number of benzene rings is 1. The Morgan fingerprint density at radius 1 is 1.29 bits per heavy atom. The van der Waals surface area contributed by atoms with Crippen LogP contribution in [0.2, 0.25) is 0 Å². The molecule has 0 unspecified atom stereocenters. The molecule has 0 atom stereocenters. The highest BCUT2D eigenvalue weighted by molar-refractivity contribution is 14.1. The zero-order valence-corrected chi connectivity index (χ0v) is 10.6. The van der Waals surface area contributed by atoms with Crippen LogP contribution in [0.4, 0.5) is 5.69 Å². The van der Waals surface area contributed by atoms with Crippen molar-refractivity contribution in [1.82, 2.24) is 0 Å². The standard InChI is InChI=1S/C10H14IN3/c1-3-12-13-14(4-2)10-8-6-5-7-9(10)11/h5-8H,3-4H2,1-2H3. The number of hydrogen-bond acceptors (Lipinski definition) is 2. The number of rotatable bonds is 4. The summed E-state index contributed by atoms with van der Waals surface area (Å²) >= 11 is 2.31. The first kappa shape index (κ1) is 11.4. The molecule has 0 aliphatic rings. The predicted molar refractivity (Wildman–Crippen MR) is 67.6 cm³/mol. The minimum atomic E-state index is 0.722. The third-order valence-corrected chi connectivity index (χ3v) is 2.65. The number of hydrogen-bond donors (Lipinski definition) is 0.